The van der Waals surface area contributed by atoms with Crippen molar-refractivity contribution in [3.63, 3.8) is 0 Å². The minimum absolute atomic E-state index is 0.00783. The van der Waals surface area contributed by atoms with Crippen LogP contribution in [-0.2, 0) is 14.8 Å². The van der Waals surface area contributed by atoms with Crippen LogP contribution in [0, 0.1) is 5.92 Å². The Bertz CT molecular complexity index is 669. The van der Waals surface area contributed by atoms with Crippen molar-refractivity contribution in [3.05, 3.63) is 35.9 Å². The molecule has 1 amide bonds. The summed E-state index contributed by atoms with van der Waals surface area (Å²) in [5.41, 5.74) is 1.08. The maximum Gasteiger partial charge on any atom is 0.222 e. The van der Waals surface area contributed by atoms with Gasteiger partial charge in [-0.05, 0) is 24.3 Å². The molecule has 0 radical (unpaired) electrons. The van der Waals surface area contributed by atoms with Gasteiger partial charge in [0.25, 0.3) is 0 Å². The molecule has 132 valence electrons. The van der Waals surface area contributed by atoms with Crippen molar-refractivity contribution in [2.75, 3.05) is 19.3 Å². The van der Waals surface area contributed by atoms with E-state index in [2.05, 4.69) is 4.72 Å². The second-order valence-electron chi connectivity index (χ2n) is 7.17. The molecular formula is C18H26N2O3S. The van der Waals surface area contributed by atoms with Crippen molar-refractivity contribution in [2.24, 2.45) is 5.92 Å². The first kappa shape index (κ1) is 17.4. The zero-order valence-electron chi connectivity index (χ0n) is 14.1. The summed E-state index contributed by atoms with van der Waals surface area (Å²) in [5, 5.41) is 0. The van der Waals surface area contributed by atoms with Gasteiger partial charge < -0.3 is 4.90 Å². The van der Waals surface area contributed by atoms with Gasteiger partial charge in [0.15, 0.2) is 0 Å². The topological polar surface area (TPSA) is 66.5 Å². The molecule has 1 heterocycles. The number of rotatable bonds is 5. The van der Waals surface area contributed by atoms with Crippen LogP contribution < -0.4 is 4.72 Å². The second-order valence-corrected chi connectivity index (χ2v) is 8.95. The van der Waals surface area contributed by atoms with Gasteiger partial charge in [-0.2, -0.15) is 0 Å². The van der Waals surface area contributed by atoms with Crippen LogP contribution in [0.15, 0.2) is 30.3 Å². The van der Waals surface area contributed by atoms with Crippen LogP contribution in [0.3, 0.4) is 0 Å². The molecule has 2 atom stereocenters. The first-order chi connectivity index (χ1) is 11.4. The van der Waals surface area contributed by atoms with Crippen molar-refractivity contribution >= 4 is 15.9 Å². The van der Waals surface area contributed by atoms with Gasteiger partial charge in [0, 0.05) is 31.5 Å². The van der Waals surface area contributed by atoms with Crippen LogP contribution in [0.5, 0.6) is 0 Å². The lowest BCUT2D eigenvalue weighted by molar-refractivity contribution is -0.131. The number of nitrogens with one attached hydrogen (secondary N) is 1. The quantitative estimate of drug-likeness (QED) is 0.884. The lowest BCUT2D eigenvalue weighted by Crippen LogP contribution is -2.40. The minimum Gasteiger partial charge on any atom is -0.340 e. The Labute approximate surface area is 144 Å². The average molecular weight is 350 g/mol. The molecule has 1 aromatic carbocycles. The molecule has 1 N–H and O–H groups in total. The molecule has 3 rings (SSSR count). The van der Waals surface area contributed by atoms with Crippen molar-refractivity contribution in [1.29, 1.82) is 0 Å². The van der Waals surface area contributed by atoms with E-state index in [0.29, 0.717) is 25.4 Å². The van der Waals surface area contributed by atoms with E-state index in [0.717, 1.165) is 18.4 Å². The Morgan fingerprint density at radius 3 is 2.46 bits per heavy atom. The van der Waals surface area contributed by atoms with Crippen LogP contribution >= 0.6 is 0 Å². The average Bonchev–Trinajstić information content (AvgIpc) is 3.16. The molecule has 1 aliphatic carbocycles. The van der Waals surface area contributed by atoms with Gasteiger partial charge in [0.1, 0.15) is 0 Å². The summed E-state index contributed by atoms with van der Waals surface area (Å²) in [6, 6.07) is 9.61. The molecule has 0 bridgehead atoms. The summed E-state index contributed by atoms with van der Waals surface area (Å²) in [7, 11) is -3.31. The van der Waals surface area contributed by atoms with Crippen molar-refractivity contribution < 1.29 is 13.2 Å². The third-order valence-electron chi connectivity index (χ3n) is 5.20. The smallest absolute Gasteiger partial charge is 0.222 e. The molecule has 24 heavy (non-hydrogen) atoms. The zero-order valence-corrected chi connectivity index (χ0v) is 15.0. The van der Waals surface area contributed by atoms with Gasteiger partial charge in [-0.3, -0.25) is 4.79 Å². The molecule has 2 aliphatic rings. The molecule has 0 aromatic heterocycles. The highest BCUT2D eigenvalue weighted by Crippen LogP contribution is 2.32. The highest BCUT2D eigenvalue weighted by molar-refractivity contribution is 7.88. The first-order valence-electron chi connectivity index (χ1n) is 8.72. The Hall–Kier alpha value is -1.40. The van der Waals surface area contributed by atoms with E-state index in [4.69, 9.17) is 0 Å². The Morgan fingerprint density at radius 1 is 1.17 bits per heavy atom. The molecule has 0 spiro atoms. The Morgan fingerprint density at radius 2 is 1.83 bits per heavy atom. The van der Waals surface area contributed by atoms with Crippen LogP contribution in [0.4, 0.5) is 0 Å². The number of carbonyl (C=O) groups is 1. The summed E-state index contributed by atoms with van der Waals surface area (Å²) < 4.78 is 26.1. The fraction of sp³-hybridized carbons (Fsp3) is 0.611. The number of nitrogens with zero attached hydrogens (tertiary/aromatic N) is 1. The predicted molar refractivity (Wildman–Crippen MR) is 94.1 cm³/mol. The molecule has 5 nitrogen and oxygen atoms in total. The number of likely N-dealkylation sites (tertiary alicyclic amines) is 1. The van der Waals surface area contributed by atoms with Gasteiger partial charge in [-0.15, -0.1) is 0 Å². The number of hydrogen-bond donors (Lipinski definition) is 1. The molecule has 1 aliphatic heterocycles. The fourth-order valence-electron chi connectivity index (χ4n) is 4.03. The summed E-state index contributed by atoms with van der Waals surface area (Å²) in [6.07, 6.45) is 6.52. The van der Waals surface area contributed by atoms with E-state index < -0.39 is 10.0 Å². The summed E-state index contributed by atoms with van der Waals surface area (Å²) in [5.74, 6) is 0.684. The van der Waals surface area contributed by atoms with Gasteiger partial charge >= 0.3 is 0 Å². The SMILES string of the molecule is CS(=O)(=O)N[C@@H]1CN(C(=O)CC2CCCC2)C[C@H]1c1ccccc1. The monoisotopic (exact) mass is 350 g/mol. The molecule has 1 aromatic rings. The molecule has 0 unspecified atom stereocenters. The number of amides is 1. The minimum atomic E-state index is -3.31. The largest absolute Gasteiger partial charge is 0.340 e. The maximum absolute atomic E-state index is 12.6. The van der Waals surface area contributed by atoms with Gasteiger partial charge in [0.2, 0.25) is 15.9 Å². The number of sulfonamides is 1. The molecular weight excluding hydrogens is 324 g/mol. The summed E-state index contributed by atoms with van der Waals surface area (Å²) in [6.45, 7) is 1.04. The van der Waals surface area contributed by atoms with Crippen LogP contribution in [0.1, 0.15) is 43.6 Å². The first-order valence-corrected chi connectivity index (χ1v) is 10.6. The van der Waals surface area contributed by atoms with Gasteiger partial charge in [0.05, 0.1) is 6.26 Å². The Balaban J connectivity index is 1.72. The number of benzene rings is 1. The maximum atomic E-state index is 12.6. The van der Waals surface area contributed by atoms with Crippen molar-refractivity contribution in [2.45, 2.75) is 44.1 Å². The van der Waals surface area contributed by atoms with E-state index in [1.807, 2.05) is 35.2 Å². The Kier molecular flexibility index (Phi) is 5.25. The van der Waals surface area contributed by atoms with Gasteiger partial charge in [-0.25, -0.2) is 13.1 Å². The molecule has 6 heteroatoms. The number of carbonyl (C=O) groups excluding carboxylic acids is 1. The third kappa shape index (κ3) is 4.36. The molecule has 1 saturated heterocycles. The lowest BCUT2D eigenvalue weighted by Gasteiger charge is -2.18. The van der Waals surface area contributed by atoms with E-state index in [1.165, 1.54) is 19.1 Å². The highest BCUT2D eigenvalue weighted by Gasteiger charge is 2.38. The summed E-state index contributed by atoms with van der Waals surface area (Å²) in [4.78, 5) is 14.5. The van der Waals surface area contributed by atoms with Crippen LogP contribution in [-0.4, -0.2) is 44.6 Å². The van der Waals surface area contributed by atoms with E-state index in [-0.39, 0.29) is 17.9 Å². The zero-order chi connectivity index (χ0) is 17.2. The molecule has 2 fully saturated rings. The van der Waals surface area contributed by atoms with E-state index >= 15 is 0 Å². The third-order valence-corrected chi connectivity index (χ3v) is 5.93. The van der Waals surface area contributed by atoms with Crippen molar-refractivity contribution in [3.8, 4) is 0 Å². The van der Waals surface area contributed by atoms with Crippen molar-refractivity contribution in [1.82, 2.24) is 9.62 Å². The summed E-state index contributed by atoms with van der Waals surface area (Å²) >= 11 is 0. The van der Waals surface area contributed by atoms with Gasteiger partial charge in [-0.1, -0.05) is 43.2 Å². The van der Waals surface area contributed by atoms with Crippen LogP contribution in [0.25, 0.3) is 0 Å². The fourth-order valence-corrected chi connectivity index (χ4v) is 4.82. The van der Waals surface area contributed by atoms with Crippen LogP contribution in [0.2, 0.25) is 0 Å². The predicted octanol–water partition coefficient (Wildman–Crippen LogP) is 2.11. The second kappa shape index (κ2) is 7.23. The number of hydrogen-bond acceptors (Lipinski definition) is 3. The normalized spacial score (nSPS) is 25.3. The molecule has 1 saturated carbocycles. The highest BCUT2D eigenvalue weighted by atomic mass is 32.2. The lowest BCUT2D eigenvalue weighted by atomic mass is 9.95. The van der Waals surface area contributed by atoms with E-state index in [9.17, 15) is 13.2 Å². The standard InChI is InChI=1S/C18H26N2O3S/c1-24(22,23)19-17-13-20(18(21)11-14-7-5-6-8-14)12-16(17)15-9-3-2-4-10-15/h2-4,9-10,14,16-17,19H,5-8,11-13H2,1H3/t16-,17+/m0/s1. The van der Waals surface area contributed by atoms with E-state index in [1.54, 1.807) is 0 Å².